The van der Waals surface area contributed by atoms with E-state index in [4.69, 9.17) is 11.6 Å². The monoisotopic (exact) mass is 264 g/mol. The summed E-state index contributed by atoms with van der Waals surface area (Å²) >= 11 is 5.96. The average molecular weight is 265 g/mol. The second-order valence-corrected chi connectivity index (χ2v) is 5.05. The van der Waals surface area contributed by atoms with Crippen LogP contribution >= 0.6 is 11.6 Å². The van der Waals surface area contributed by atoms with Crippen LogP contribution in [-0.4, -0.2) is 21.5 Å². The third kappa shape index (κ3) is 3.59. The summed E-state index contributed by atoms with van der Waals surface area (Å²) in [6, 6.07) is 7.79. The van der Waals surface area contributed by atoms with Crippen molar-refractivity contribution >= 4 is 11.6 Å². The van der Waals surface area contributed by atoms with Gasteiger partial charge in [-0.05, 0) is 42.0 Å². The van der Waals surface area contributed by atoms with E-state index in [0.29, 0.717) is 0 Å². The molecule has 0 bridgehead atoms. The molecular formula is C14H17ClN2O. The Morgan fingerprint density at radius 3 is 2.72 bits per heavy atom. The van der Waals surface area contributed by atoms with Crippen molar-refractivity contribution in [3.05, 3.63) is 52.8 Å². The van der Waals surface area contributed by atoms with Gasteiger partial charge in [0.2, 0.25) is 0 Å². The van der Waals surface area contributed by atoms with E-state index in [0.717, 1.165) is 29.0 Å². The van der Waals surface area contributed by atoms with Gasteiger partial charge >= 0.3 is 0 Å². The predicted molar refractivity (Wildman–Crippen MR) is 72.6 cm³/mol. The van der Waals surface area contributed by atoms with E-state index in [1.165, 1.54) is 0 Å². The molecule has 1 atom stereocenters. The van der Waals surface area contributed by atoms with E-state index in [9.17, 15) is 5.11 Å². The third-order valence-electron chi connectivity index (χ3n) is 2.95. The van der Waals surface area contributed by atoms with Gasteiger partial charge in [-0.3, -0.25) is 4.68 Å². The Morgan fingerprint density at radius 1 is 1.33 bits per heavy atom. The Hall–Kier alpha value is -1.32. The van der Waals surface area contributed by atoms with Crippen LogP contribution in [0.2, 0.25) is 5.02 Å². The van der Waals surface area contributed by atoms with Crippen LogP contribution in [0.4, 0.5) is 0 Å². The second kappa shape index (κ2) is 6.03. The number of benzene rings is 1. The van der Waals surface area contributed by atoms with Gasteiger partial charge < -0.3 is 5.11 Å². The summed E-state index contributed by atoms with van der Waals surface area (Å²) in [6.07, 6.45) is 5.49. The van der Waals surface area contributed by atoms with Crippen LogP contribution in [0.25, 0.3) is 0 Å². The summed E-state index contributed by atoms with van der Waals surface area (Å²) in [5.74, 6) is 0.202. The summed E-state index contributed by atoms with van der Waals surface area (Å²) in [4.78, 5) is 0. The maximum Gasteiger partial charge on any atom is 0.0521 e. The molecule has 3 nitrogen and oxygen atoms in total. The molecule has 18 heavy (non-hydrogen) atoms. The molecule has 2 rings (SSSR count). The van der Waals surface area contributed by atoms with Crippen LogP contribution in [0, 0.1) is 5.92 Å². The van der Waals surface area contributed by atoms with E-state index in [-0.39, 0.29) is 12.5 Å². The molecule has 0 aliphatic carbocycles. The van der Waals surface area contributed by atoms with Crippen molar-refractivity contribution < 1.29 is 5.11 Å². The lowest BCUT2D eigenvalue weighted by Gasteiger charge is -2.13. The smallest absolute Gasteiger partial charge is 0.0521 e. The van der Waals surface area contributed by atoms with E-state index in [2.05, 4.69) is 5.10 Å². The zero-order valence-corrected chi connectivity index (χ0v) is 11.1. The SMILES string of the molecule is Cn1cc(CC(CO)Cc2cccc(Cl)c2)cn1. The van der Waals surface area contributed by atoms with Gasteiger partial charge in [-0.25, -0.2) is 0 Å². The predicted octanol–water partition coefficient (Wildman–Crippen LogP) is 2.47. The molecule has 1 aromatic carbocycles. The van der Waals surface area contributed by atoms with Crippen molar-refractivity contribution in [3.63, 3.8) is 0 Å². The normalized spacial score (nSPS) is 12.6. The van der Waals surface area contributed by atoms with Crippen molar-refractivity contribution in [2.45, 2.75) is 12.8 Å². The van der Waals surface area contributed by atoms with Gasteiger partial charge in [0, 0.05) is 24.9 Å². The van der Waals surface area contributed by atoms with Crippen LogP contribution < -0.4 is 0 Å². The van der Waals surface area contributed by atoms with Crippen molar-refractivity contribution in [1.82, 2.24) is 9.78 Å². The molecule has 0 saturated carbocycles. The molecule has 0 amide bonds. The van der Waals surface area contributed by atoms with Gasteiger partial charge in [-0.2, -0.15) is 5.10 Å². The lowest BCUT2D eigenvalue weighted by molar-refractivity contribution is 0.225. The molecule has 0 aliphatic heterocycles. The Kier molecular flexibility index (Phi) is 4.39. The topological polar surface area (TPSA) is 38.0 Å². The third-order valence-corrected chi connectivity index (χ3v) is 3.19. The number of aryl methyl sites for hydroxylation is 1. The van der Waals surface area contributed by atoms with E-state index in [1.807, 2.05) is 43.7 Å². The molecule has 0 saturated heterocycles. The second-order valence-electron chi connectivity index (χ2n) is 4.61. The highest BCUT2D eigenvalue weighted by atomic mass is 35.5. The Bertz CT molecular complexity index is 510. The molecule has 0 spiro atoms. The zero-order chi connectivity index (χ0) is 13.0. The van der Waals surface area contributed by atoms with Crippen LogP contribution in [0.3, 0.4) is 0 Å². The molecule has 96 valence electrons. The van der Waals surface area contributed by atoms with E-state index in [1.54, 1.807) is 4.68 Å². The minimum absolute atomic E-state index is 0.168. The summed E-state index contributed by atoms with van der Waals surface area (Å²) < 4.78 is 1.78. The molecule has 0 fully saturated rings. The zero-order valence-electron chi connectivity index (χ0n) is 10.4. The number of rotatable bonds is 5. The number of hydrogen-bond acceptors (Lipinski definition) is 2. The van der Waals surface area contributed by atoms with Crippen molar-refractivity contribution in [2.75, 3.05) is 6.61 Å². The fourth-order valence-corrected chi connectivity index (χ4v) is 2.32. The molecule has 1 N–H and O–H groups in total. The first-order valence-electron chi connectivity index (χ1n) is 6.00. The molecule has 4 heteroatoms. The number of aliphatic hydroxyl groups is 1. The van der Waals surface area contributed by atoms with Gasteiger partial charge in [0.05, 0.1) is 6.20 Å². The largest absolute Gasteiger partial charge is 0.396 e. The first-order chi connectivity index (χ1) is 8.67. The van der Waals surface area contributed by atoms with E-state index < -0.39 is 0 Å². The highest BCUT2D eigenvalue weighted by Gasteiger charge is 2.11. The molecule has 0 radical (unpaired) electrons. The molecular weight excluding hydrogens is 248 g/mol. The number of nitrogens with zero attached hydrogens (tertiary/aromatic N) is 2. The minimum Gasteiger partial charge on any atom is -0.396 e. The van der Waals surface area contributed by atoms with Gasteiger partial charge in [0.25, 0.3) is 0 Å². The average Bonchev–Trinajstić information content (AvgIpc) is 2.74. The first kappa shape index (κ1) is 13.1. The summed E-state index contributed by atoms with van der Waals surface area (Å²) in [6.45, 7) is 0.168. The minimum atomic E-state index is 0.168. The van der Waals surface area contributed by atoms with Gasteiger partial charge in [0.1, 0.15) is 0 Å². The lowest BCUT2D eigenvalue weighted by Crippen LogP contribution is -2.12. The molecule has 1 unspecified atom stereocenters. The van der Waals surface area contributed by atoms with Crippen molar-refractivity contribution in [2.24, 2.45) is 13.0 Å². The fraction of sp³-hybridized carbons (Fsp3) is 0.357. The van der Waals surface area contributed by atoms with Crippen LogP contribution in [0.5, 0.6) is 0 Å². The van der Waals surface area contributed by atoms with Gasteiger partial charge in [-0.1, -0.05) is 23.7 Å². The molecule has 2 aromatic rings. The molecule has 0 aliphatic rings. The fourth-order valence-electron chi connectivity index (χ4n) is 2.11. The number of halogens is 1. The number of aliphatic hydroxyl groups excluding tert-OH is 1. The number of aromatic nitrogens is 2. The maximum atomic E-state index is 9.46. The van der Waals surface area contributed by atoms with E-state index >= 15 is 0 Å². The summed E-state index contributed by atoms with van der Waals surface area (Å²) in [5.41, 5.74) is 2.31. The van der Waals surface area contributed by atoms with Gasteiger partial charge in [0.15, 0.2) is 0 Å². The van der Waals surface area contributed by atoms with Crippen molar-refractivity contribution in [3.8, 4) is 0 Å². The quantitative estimate of drug-likeness (QED) is 0.901. The maximum absolute atomic E-state index is 9.46. The van der Waals surface area contributed by atoms with Crippen LogP contribution in [0.15, 0.2) is 36.7 Å². The lowest BCUT2D eigenvalue weighted by atomic mass is 9.94. The highest BCUT2D eigenvalue weighted by Crippen LogP contribution is 2.17. The Labute approximate surface area is 112 Å². The van der Waals surface area contributed by atoms with Crippen molar-refractivity contribution in [1.29, 1.82) is 0 Å². The van der Waals surface area contributed by atoms with Gasteiger partial charge in [-0.15, -0.1) is 0 Å². The Balaban J connectivity index is 2.01. The summed E-state index contributed by atoms with van der Waals surface area (Å²) in [5, 5.41) is 14.3. The van der Waals surface area contributed by atoms with Crippen LogP contribution in [-0.2, 0) is 19.9 Å². The summed E-state index contributed by atoms with van der Waals surface area (Å²) in [7, 11) is 1.90. The Morgan fingerprint density at radius 2 is 2.11 bits per heavy atom. The first-order valence-corrected chi connectivity index (χ1v) is 6.38. The standard InChI is InChI=1S/C14H17ClN2O/c1-17-9-13(8-16-17)6-12(10-18)5-11-3-2-4-14(15)7-11/h2-4,7-9,12,18H,5-6,10H2,1H3. The highest BCUT2D eigenvalue weighted by molar-refractivity contribution is 6.30. The van der Waals surface area contributed by atoms with Crippen LogP contribution in [0.1, 0.15) is 11.1 Å². The molecule has 1 aromatic heterocycles. The number of hydrogen-bond donors (Lipinski definition) is 1. The molecule has 1 heterocycles.